The van der Waals surface area contributed by atoms with Crippen LogP contribution in [0.15, 0.2) is 12.2 Å². The minimum atomic E-state index is 0.464. The molecule has 0 nitrogen and oxygen atoms in total. The average Bonchev–Trinajstić information content (AvgIpc) is 3.28. The van der Waals surface area contributed by atoms with Crippen molar-refractivity contribution in [2.75, 3.05) is 0 Å². The maximum atomic E-state index is 4.57. The third-order valence-corrected chi connectivity index (χ3v) is 15.2. The van der Waals surface area contributed by atoms with Crippen LogP contribution in [0.5, 0.6) is 0 Å². The summed E-state index contributed by atoms with van der Waals surface area (Å²) in [6.45, 7) is 36.4. The van der Waals surface area contributed by atoms with E-state index in [1.807, 2.05) is 27.7 Å². The van der Waals surface area contributed by atoms with Gasteiger partial charge < -0.3 is 0 Å². The maximum Gasteiger partial charge on any atom is -0.0169 e. The first-order valence-electron chi connectivity index (χ1n) is 16.9. The summed E-state index contributed by atoms with van der Waals surface area (Å²) in [5, 5.41) is 0. The fourth-order valence-electron chi connectivity index (χ4n) is 12.7. The predicted molar refractivity (Wildman–Crippen MR) is 166 cm³/mol. The molecule has 0 radical (unpaired) electrons. The molecule has 5 fully saturated rings. The number of fused-ring (bicyclic) bond motifs is 7. The average molecular weight is 513 g/mol. The molecule has 5 aliphatic rings. The molecule has 0 aromatic heterocycles. The zero-order valence-corrected chi connectivity index (χ0v) is 27.9. The van der Waals surface area contributed by atoms with Gasteiger partial charge in [-0.05, 0) is 133 Å². The first kappa shape index (κ1) is 31.3. The predicted octanol–water partition coefficient (Wildman–Crippen LogP) is 12.1. The van der Waals surface area contributed by atoms with Crippen LogP contribution in [0.25, 0.3) is 0 Å². The van der Waals surface area contributed by atoms with Crippen molar-refractivity contribution in [3.8, 4) is 0 Å². The highest BCUT2D eigenvalue weighted by Gasteiger charge is 2.74. The zero-order valence-electron chi connectivity index (χ0n) is 27.9. The van der Waals surface area contributed by atoms with Crippen molar-refractivity contribution >= 4 is 0 Å². The van der Waals surface area contributed by atoms with E-state index in [4.69, 9.17) is 0 Å². The van der Waals surface area contributed by atoms with E-state index in [1.165, 1.54) is 76.2 Å². The molecule has 0 heterocycles. The van der Waals surface area contributed by atoms with Gasteiger partial charge in [0.05, 0.1) is 0 Å². The van der Waals surface area contributed by atoms with Crippen LogP contribution in [-0.2, 0) is 0 Å². The van der Waals surface area contributed by atoms with Gasteiger partial charge in [-0.3, -0.25) is 0 Å². The van der Waals surface area contributed by atoms with E-state index in [2.05, 4.69) is 68.9 Å². The van der Waals surface area contributed by atoms with Gasteiger partial charge in [-0.2, -0.15) is 0 Å². The lowest BCUT2D eigenvalue weighted by Gasteiger charge is -2.76. The molecule has 5 unspecified atom stereocenters. The quantitative estimate of drug-likeness (QED) is 0.323. The lowest BCUT2D eigenvalue weighted by atomic mass is 9.28. The molecule has 216 valence electrons. The van der Waals surface area contributed by atoms with Crippen molar-refractivity contribution < 1.29 is 0 Å². The summed E-state index contributed by atoms with van der Waals surface area (Å²) in [6, 6.07) is 0. The van der Waals surface area contributed by atoms with Crippen molar-refractivity contribution in [3.63, 3.8) is 0 Å². The van der Waals surface area contributed by atoms with Gasteiger partial charge in [0.25, 0.3) is 0 Å². The molecule has 0 saturated heterocycles. The SMILES string of the molecule is C=C(C)[C@@H]1CCC2(CC)CC[C@]3(C)[C@](C)(CCC4[C@@]5(C)CCC(C)C(C)(C)C5CC[C@]43C)C12.CC.CC. The summed E-state index contributed by atoms with van der Waals surface area (Å²) in [5.74, 6) is 4.31. The summed E-state index contributed by atoms with van der Waals surface area (Å²) < 4.78 is 0. The van der Waals surface area contributed by atoms with E-state index in [0.717, 1.165) is 29.6 Å². The summed E-state index contributed by atoms with van der Waals surface area (Å²) in [4.78, 5) is 0. The Morgan fingerprint density at radius 3 is 1.84 bits per heavy atom. The Labute approximate surface area is 234 Å². The van der Waals surface area contributed by atoms with Crippen LogP contribution in [0, 0.1) is 62.1 Å². The van der Waals surface area contributed by atoms with Gasteiger partial charge in [-0.15, -0.1) is 0 Å². The highest BCUT2D eigenvalue weighted by Crippen LogP contribution is 2.81. The molecule has 0 bridgehead atoms. The second-order valence-electron chi connectivity index (χ2n) is 15.8. The van der Waals surface area contributed by atoms with Crippen molar-refractivity contribution in [2.24, 2.45) is 62.1 Å². The van der Waals surface area contributed by atoms with Gasteiger partial charge in [0.1, 0.15) is 0 Å². The Bertz CT molecular complexity index is 820. The van der Waals surface area contributed by atoms with Gasteiger partial charge in [-0.25, -0.2) is 0 Å². The lowest BCUT2D eigenvalue weighted by molar-refractivity contribution is -0.274. The van der Waals surface area contributed by atoms with E-state index in [1.54, 1.807) is 0 Å². The number of hydrogen-bond acceptors (Lipinski definition) is 0. The summed E-state index contributed by atoms with van der Waals surface area (Å²) >= 11 is 0. The van der Waals surface area contributed by atoms with Crippen molar-refractivity contribution in [1.29, 1.82) is 0 Å². The van der Waals surface area contributed by atoms with Gasteiger partial charge in [-0.1, -0.05) is 102 Å². The lowest BCUT2D eigenvalue weighted by Crippen LogP contribution is -2.69. The van der Waals surface area contributed by atoms with Gasteiger partial charge in [0.15, 0.2) is 0 Å². The van der Waals surface area contributed by atoms with E-state index >= 15 is 0 Å². The largest absolute Gasteiger partial charge is 0.0998 e. The van der Waals surface area contributed by atoms with Gasteiger partial charge >= 0.3 is 0 Å². The van der Waals surface area contributed by atoms with Crippen LogP contribution in [0.1, 0.15) is 161 Å². The van der Waals surface area contributed by atoms with E-state index < -0.39 is 0 Å². The molecule has 0 N–H and O–H groups in total. The monoisotopic (exact) mass is 513 g/mol. The molecule has 0 aromatic rings. The molecule has 0 aromatic carbocycles. The second-order valence-corrected chi connectivity index (χ2v) is 15.8. The van der Waals surface area contributed by atoms with Crippen LogP contribution in [-0.4, -0.2) is 0 Å². The number of rotatable bonds is 2. The molecule has 37 heavy (non-hydrogen) atoms. The minimum Gasteiger partial charge on any atom is -0.0998 e. The first-order chi connectivity index (χ1) is 17.2. The standard InChI is InChI=1S/C33H56.2C2H6/c1-11-33-19-13-24(22(2)3)27(33)31(9)18-15-26-29(7)16-12-23(4)28(5,6)25(29)14-17-30(26,8)32(31,10)20-21-33;2*1-2/h23-27H,2,11-21H2,1,3-10H3;2*1-2H3/t23?,24-,25?,26?,27?,29-,30+,31+,32-,33?;;/m0../s1. The molecule has 10 atom stereocenters. The third kappa shape index (κ3) is 3.93. The third-order valence-electron chi connectivity index (χ3n) is 15.2. The second kappa shape index (κ2) is 10.3. The fraction of sp³-hybridized carbons (Fsp3) is 0.946. The number of hydrogen-bond donors (Lipinski definition) is 0. The zero-order chi connectivity index (χ0) is 28.2. The van der Waals surface area contributed by atoms with Crippen molar-refractivity contribution in [1.82, 2.24) is 0 Å². The summed E-state index contributed by atoms with van der Waals surface area (Å²) in [6.07, 6.45) is 16.0. The number of allylic oxidation sites excluding steroid dienone is 1. The van der Waals surface area contributed by atoms with Crippen LogP contribution < -0.4 is 0 Å². The highest BCUT2D eigenvalue weighted by atomic mass is 14.8. The topological polar surface area (TPSA) is 0 Å². The normalized spacial score (nSPS) is 51.5. The maximum absolute atomic E-state index is 4.57. The van der Waals surface area contributed by atoms with E-state index in [-0.39, 0.29) is 0 Å². The Hall–Kier alpha value is -0.260. The molecular weight excluding hydrogens is 444 g/mol. The van der Waals surface area contributed by atoms with E-state index in [9.17, 15) is 0 Å². The Balaban J connectivity index is 0.000000907. The molecule has 5 aliphatic carbocycles. The fourth-order valence-corrected chi connectivity index (χ4v) is 12.7. The Morgan fingerprint density at radius 1 is 0.703 bits per heavy atom. The molecule has 0 spiro atoms. The van der Waals surface area contributed by atoms with Crippen LogP contribution in [0.4, 0.5) is 0 Å². The van der Waals surface area contributed by atoms with E-state index in [0.29, 0.717) is 32.5 Å². The Morgan fingerprint density at radius 2 is 1.27 bits per heavy atom. The minimum absolute atomic E-state index is 0.464. The Kier molecular flexibility index (Phi) is 8.70. The van der Waals surface area contributed by atoms with Gasteiger partial charge in [0.2, 0.25) is 0 Å². The molecule has 0 aliphatic heterocycles. The van der Waals surface area contributed by atoms with Crippen molar-refractivity contribution in [3.05, 3.63) is 12.2 Å². The van der Waals surface area contributed by atoms with Crippen LogP contribution in [0.3, 0.4) is 0 Å². The molecule has 5 rings (SSSR count). The molecule has 0 amide bonds. The molecule has 0 heteroatoms. The van der Waals surface area contributed by atoms with Gasteiger partial charge in [0, 0.05) is 0 Å². The molecular formula is C37H68. The van der Waals surface area contributed by atoms with Crippen LogP contribution >= 0.6 is 0 Å². The van der Waals surface area contributed by atoms with Crippen molar-refractivity contribution in [2.45, 2.75) is 161 Å². The first-order valence-corrected chi connectivity index (χ1v) is 16.9. The molecule has 5 saturated carbocycles. The van der Waals surface area contributed by atoms with Crippen LogP contribution in [0.2, 0.25) is 0 Å². The smallest absolute Gasteiger partial charge is 0.0169 e. The summed E-state index contributed by atoms with van der Waals surface area (Å²) in [5.41, 5.74) is 4.53. The highest BCUT2D eigenvalue weighted by molar-refractivity contribution is 5.24. The summed E-state index contributed by atoms with van der Waals surface area (Å²) in [7, 11) is 0.